The van der Waals surface area contributed by atoms with Crippen molar-refractivity contribution in [3.63, 3.8) is 0 Å². The molecule has 0 aromatic carbocycles. The lowest BCUT2D eigenvalue weighted by Gasteiger charge is -2.41. The first-order valence-corrected chi connectivity index (χ1v) is 4.55. The van der Waals surface area contributed by atoms with E-state index < -0.39 is 5.54 Å². The Hall–Kier alpha value is -0.280. The van der Waals surface area contributed by atoms with Crippen molar-refractivity contribution < 1.29 is 9.53 Å². The van der Waals surface area contributed by atoms with E-state index in [0.717, 1.165) is 0 Å². The van der Waals surface area contributed by atoms with Crippen molar-refractivity contribution in [1.29, 1.82) is 0 Å². The highest BCUT2D eigenvalue weighted by atomic mass is 35.5. The SMILES string of the molecule is COC(=O)[C@](N)(C(C)C)C(C)(C)C.Cl. The van der Waals surface area contributed by atoms with Gasteiger partial charge in [-0.2, -0.15) is 0 Å². The average Bonchev–Trinajstić information content (AvgIpc) is 1.98. The van der Waals surface area contributed by atoms with E-state index in [1.807, 2.05) is 34.6 Å². The lowest BCUT2D eigenvalue weighted by Crippen LogP contribution is -2.61. The van der Waals surface area contributed by atoms with Crippen LogP contribution in [-0.2, 0) is 9.53 Å². The van der Waals surface area contributed by atoms with Crippen LogP contribution >= 0.6 is 12.4 Å². The Balaban J connectivity index is 0. The van der Waals surface area contributed by atoms with Crippen molar-refractivity contribution in [3.8, 4) is 0 Å². The second-order valence-electron chi connectivity index (χ2n) is 4.77. The van der Waals surface area contributed by atoms with Crippen LogP contribution in [0.3, 0.4) is 0 Å². The topological polar surface area (TPSA) is 52.3 Å². The number of carbonyl (C=O) groups is 1. The van der Waals surface area contributed by atoms with Gasteiger partial charge in [0.1, 0.15) is 5.54 Å². The van der Waals surface area contributed by atoms with Gasteiger partial charge in [-0.05, 0) is 11.3 Å². The zero-order valence-electron chi connectivity index (χ0n) is 9.88. The molecular formula is C10H22ClNO2. The second kappa shape index (κ2) is 4.99. The van der Waals surface area contributed by atoms with Crippen LogP contribution in [0.2, 0.25) is 0 Å². The van der Waals surface area contributed by atoms with E-state index in [0.29, 0.717) is 0 Å². The van der Waals surface area contributed by atoms with Gasteiger partial charge in [0.25, 0.3) is 0 Å². The van der Waals surface area contributed by atoms with Crippen molar-refractivity contribution in [2.45, 2.75) is 40.2 Å². The van der Waals surface area contributed by atoms with Crippen LogP contribution in [0.4, 0.5) is 0 Å². The summed E-state index contributed by atoms with van der Waals surface area (Å²) in [5.74, 6) is -0.282. The number of esters is 1. The summed E-state index contributed by atoms with van der Waals surface area (Å²) in [5.41, 5.74) is 4.89. The quantitative estimate of drug-likeness (QED) is 0.729. The van der Waals surface area contributed by atoms with Crippen LogP contribution < -0.4 is 5.73 Å². The van der Waals surface area contributed by atoms with Gasteiger partial charge in [-0.25, -0.2) is 0 Å². The predicted octanol–water partition coefficient (Wildman–Crippen LogP) is 1.98. The number of hydrogen-bond acceptors (Lipinski definition) is 3. The van der Waals surface area contributed by atoms with Crippen LogP contribution in [0.15, 0.2) is 0 Å². The lowest BCUT2D eigenvalue weighted by atomic mass is 9.68. The van der Waals surface area contributed by atoms with Gasteiger partial charge in [-0.15, -0.1) is 12.4 Å². The first-order valence-electron chi connectivity index (χ1n) is 4.55. The summed E-state index contributed by atoms with van der Waals surface area (Å²) in [6.45, 7) is 9.71. The van der Waals surface area contributed by atoms with Gasteiger partial charge < -0.3 is 10.5 Å². The molecule has 0 saturated carbocycles. The molecule has 0 radical (unpaired) electrons. The van der Waals surface area contributed by atoms with Crippen LogP contribution in [-0.4, -0.2) is 18.6 Å². The van der Waals surface area contributed by atoms with Crippen LogP contribution in [0, 0.1) is 11.3 Å². The molecule has 86 valence electrons. The van der Waals surface area contributed by atoms with Crippen LogP contribution in [0.1, 0.15) is 34.6 Å². The molecule has 0 aromatic heterocycles. The molecule has 0 heterocycles. The zero-order chi connectivity index (χ0) is 10.9. The van der Waals surface area contributed by atoms with Crippen LogP contribution in [0.25, 0.3) is 0 Å². The monoisotopic (exact) mass is 223 g/mol. The smallest absolute Gasteiger partial charge is 0.326 e. The molecule has 0 saturated heterocycles. The summed E-state index contributed by atoms with van der Waals surface area (Å²) < 4.78 is 4.74. The summed E-state index contributed by atoms with van der Waals surface area (Å²) in [5, 5.41) is 0. The molecule has 0 amide bonds. The summed E-state index contributed by atoms with van der Waals surface area (Å²) in [7, 11) is 1.37. The Kier molecular flexibility index (Phi) is 5.76. The third kappa shape index (κ3) is 2.61. The highest BCUT2D eigenvalue weighted by molar-refractivity contribution is 5.85. The van der Waals surface area contributed by atoms with Crippen molar-refractivity contribution in [2.75, 3.05) is 7.11 Å². The fraction of sp³-hybridized carbons (Fsp3) is 0.900. The fourth-order valence-electron chi connectivity index (χ4n) is 1.58. The molecule has 1 atom stereocenters. The molecule has 0 aliphatic heterocycles. The van der Waals surface area contributed by atoms with E-state index in [1.165, 1.54) is 7.11 Å². The van der Waals surface area contributed by atoms with Gasteiger partial charge in [0.05, 0.1) is 7.11 Å². The molecular weight excluding hydrogens is 202 g/mol. The van der Waals surface area contributed by atoms with Gasteiger partial charge >= 0.3 is 5.97 Å². The molecule has 0 rings (SSSR count). The predicted molar refractivity (Wildman–Crippen MR) is 60.5 cm³/mol. The lowest BCUT2D eigenvalue weighted by molar-refractivity contribution is -0.154. The Labute approximate surface area is 92.8 Å². The van der Waals surface area contributed by atoms with Gasteiger partial charge in [-0.1, -0.05) is 34.6 Å². The molecule has 14 heavy (non-hydrogen) atoms. The highest BCUT2D eigenvalue weighted by Crippen LogP contribution is 2.35. The van der Waals surface area contributed by atoms with Gasteiger partial charge in [0, 0.05) is 0 Å². The Morgan fingerprint density at radius 1 is 1.29 bits per heavy atom. The Morgan fingerprint density at radius 3 is 1.71 bits per heavy atom. The number of halogens is 1. The minimum atomic E-state index is -0.915. The number of hydrogen-bond donors (Lipinski definition) is 1. The zero-order valence-corrected chi connectivity index (χ0v) is 10.7. The standard InChI is InChI=1S/C10H21NO2.ClH/c1-7(2)10(11,8(12)13-6)9(3,4)5;/h7H,11H2,1-6H3;1H/t10-;/m1./s1. The maximum atomic E-state index is 11.6. The third-order valence-electron chi connectivity index (χ3n) is 2.67. The van der Waals surface area contributed by atoms with Crippen molar-refractivity contribution in [1.82, 2.24) is 0 Å². The summed E-state index contributed by atoms with van der Waals surface area (Å²) in [4.78, 5) is 11.6. The third-order valence-corrected chi connectivity index (χ3v) is 2.67. The van der Waals surface area contributed by atoms with E-state index in [2.05, 4.69) is 0 Å². The highest BCUT2D eigenvalue weighted by Gasteiger charge is 2.48. The summed E-state index contributed by atoms with van der Waals surface area (Å²) in [6, 6.07) is 0. The molecule has 0 unspecified atom stereocenters. The van der Waals surface area contributed by atoms with E-state index in [-0.39, 0.29) is 29.7 Å². The van der Waals surface area contributed by atoms with E-state index in [9.17, 15) is 4.79 Å². The molecule has 3 nitrogen and oxygen atoms in total. The molecule has 4 heteroatoms. The van der Waals surface area contributed by atoms with Crippen molar-refractivity contribution in [3.05, 3.63) is 0 Å². The molecule has 0 aliphatic carbocycles. The number of nitrogens with two attached hydrogens (primary N) is 1. The largest absolute Gasteiger partial charge is 0.468 e. The van der Waals surface area contributed by atoms with Crippen molar-refractivity contribution in [2.24, 2.45) is 17.1 Å². The molecule has 0 spiro atoms. The van der Waals surface area contributed by atoms with Gasteiger partial charge in [0.2, 0.25) is 0 Å². The maximum absolute atomic E-state index is 11.6. The maximum Gasteiger partial charge on any atom is 0.326 e. The van der Waals surface area contributed by atoms with Gasteiger partial charge in [-0.3, -0.25) is 4.79 Å². The second-order valence-corrected chi connectivity index (χ2v) is 4.77. The number of methoxy groups -OCH3 is 1. The van der Waals surface area contributed by atoms with Gasteiger partial charge in [0.15, 0.2) is 0 Å². The molecule has 2 N–H and O–H groups in total. The first-order chi connectivity index (χ1) is 5.67. The molecule has 0 fully saturated rings. The average molecular weight is 224 g/mol. The normalized spacial score (nSPS) is 15.7. The number of rotatable bonds is 2. The minimum Gasteiger partial charge on any atom is -0.468 e. The van der Waals surface area contributed by atoms with Crippen LogP contribution in [0.5, 0.6) is 0 Å². The summed E-state index contributed by atoms with van der Waals surface area (Å²) in [6.07, 6.45) is 0. The fourth-order valence-corrected chi connectivity index (χ4v) is 1.58. The molecule has 0 aromatic rings. The van der Waals surface area contributed by atoms with Crippen molar-refractivity contribution >= 4 is 18.4 Å². The molecule has 0 bridgehead atoms. The Bertz CT molecular complexity index is 199. The minimum absolute atomic E-state index is 0. The molecule has 0 aliphatic rings. The van der Waals surface area contributed by atoms with E-state index in [1.54, 1.807) is 0 Å². The first kappa shape index (κ1) is 16.2. The van der Waals surface area contributed by atoms with E-state index >= 15 is 0 Å². The summed E-state index contributed by atoms with van der Waals surface area (Å²) >= 11 is 0. The number of carbonyl (C=O) groups excluding carboxylic acids is 1. The van der Waals surface area contributed by atoms with E-state index in [4.69, 9.17) is 10.5 Å². The number of ether oxygens (including phenoxy) is 1. The Morgan fingerprint density at radius 2 is 1.64 bits per heavy atom.